The second-order valence-corrected chi connectivity index (χ2v) is 4.15. The van der Waals surface area contributed by atoms with Crippen LogP contribution in [0.15, 0.2) is 10.6 Å². The van der Waals surface area contributed by atoms with Crippen LogP contribution in [0.5, 0.6) is 0 Å². The Bertz CT molecular complexity index is 467. The molecular weight excluding hydrogens is 212 g/mol. The molecule has 0 spiro atoms. The van der Waals surface area contributed by atoms with Crippen LogP contribution in [0, 0.1) is 34.0 Å². The summed E-state index contributed by atoms with van der Waals surface area (Å²) in [4.78, 5) is 12.6. The van der Waals surface area contributed by atoms with Gasteiger partial charge in [0.2, 0.25) is 5.91 Å². The number of nitriles is 2. The number of amidine groups is 1. The normalized spacial score (nSPS) is 24.9. The summed E-state index contributed by atoms with van der Waals surface area (Å²) in [6.45, 7) is 0. The Morgan fingerprint density at radius 2 is 2.27 bits per heavy atom. The van der Waals surface area contributed by atoms with E-state index in [1.807, 2.05) is 12.1 Å². The molecule has 1 atom stereocenters. The van der Waals surface area contributed by atoms with Gasteiger partial charge in [0, 0.05) is 6.42 Å². The summed E-state index contributed by atoms with van der Waals surface area (Å²) < 4.78 is 0. The fourth-order valence-corrected chi connectivity index (χ4v) is 2.60. The molecule has 0 radical (unpaired) electrons. The lowest BCUT2D eigenvalue weighted by molar-refractivity contribution is -0.122. The van der Waals surface area contributed by atoms with E-state index in [0.717, 1.165) is 0 Å². The van der Waals surface area contributed by atoms with Crippen molar-refractivity contribution < 1.29 is 4.79 Å². The van der Waals surface area contributed by atoms with Crippen molar-refractivity contribution in [3.63, 3.8) is 0 Å². The Kier molecular flexibility index (Phi) is 2.22. The van der Waals surface area contributed by atoms with Crippen molar-refractivity contribution in [3.8, 4) is 12.1 Å². The van der Waals surface area contributed by atoms with E-state index in [4.69, 9.17) is 15.9 Å². The van der Waals surface area contributed by atoms with Crippen LogP contribution in [0.3, 0.4) is 0 Å². The van der Waals surface area contributed by atoms with E-state index >= 15 is 0 Å². The molecule has 1 fully saturated rings. The monoisotopic (exact) mass is 218 g/mol. The van der Waals surface area contributed by atoms with Crippen LogP contribution >= 0.6 is 11.8 Å². The number of thioether (sulfide) groups is 1. The van der Waals surface area contributed by atoms with Gasteiger partial charge < -0.3 is 0 Å². The van der Waals surface area contributed by atoms with Gasteiger partial charge in [0.05, 0.1) is 28.5 Å². The molecule has 0 aromatic rings. The Morgan fingerprint density at radius 3 is 2.87 bits per heavy atom. The molecule has 0 aromatic heterocycles. The second-order valence-electron chi connectivity index (χ2n) is 3.18. The first-order chi connectivity index (χ1) is 7.19. The minimum absolute atomic E-state index is 0.00139. The number of fused-ring (bicyclic) bond motifs is 1. The average molecular weight is 218 g/mol. The molecule has 1 N–H and O–H groups in total. The summed E-state index contributed by atoms with van der Waals surface area (Å²) in [6, 6.07) is 3.94. The Balaban J connectivity index is 2.51. The molecule has 1 saturated heterocycles. The van der Waals surface area contributed by atoms with Crippen LogP contribution in [0.2, 0.25) is 0 Å². The molecule has 1 amide bonds. The molecule has 74 valence electrons. The van der Waals surface area contributed by atoms with Gasteiger partial charge in [0.25, 0.3) is 0 Å². The lowest BCUT2D eigenvalue weighted by Crippen LogP contribution is -2.39. The summed E-state index contributed by atoms with van der Waals surface area (Å²) in [7, 11) is 0. The highest BCUT2D eigenvalue weighted by atomic mass is 32.2. The number of nitrogens with zero attached hydrogens (tertiary/aromatic N) is 3. The molecule has 0 aliphatic carbocycles. The lowest BCUT2D eigenvalue weighted by Gasteiger charge is -2.26. The standard InChI is InChI=1S/C9H6N4OS/c10-2-5-1-6(3-11)9-13(8(5)12)7(14)4-15-9/h5,12H,1,4H2. The Morgan fingerprint density at radius 1 is 1.53 bits per heavy atom. The third kappa shape index (κ3) is 1.31. The van der Waals surface area contributed by atoms with Gasteiger partial charge in [0.15, 0.2) is 0 Å². The maximum absolute atomic E-state index is 11.5. The van der Waals surface area contributed by atoms with Crippen LogP contribution in [0.1, 0.15) is 6.42 Å². The first-order valence-electron chi connectivity index (χ1n) is 4.26. The van der Waals surface area contributed by atoms with Crippen LogP contribution in [0.4, 0.5) is 0 Å². The van der Waals surface area contributed by atoms with E-state index in [1.54, 1.807) is 0 Å². The molecule has 2 aliphatic heterocycles. The third-order valence-electron chi connectivity index (χ3n) is 2.31. The van der Waals surface area contributed by atoms with Crippen molar-refractivity contribution in [3.05, 3.63) is 10.6 Å². The van der Waals surface area contributed by atoms with E-state index in [2.05, 4.69) is 0 Å². The summed E-state index contributed by atoms with van der Waals surface area (Å²) in [5.74, 6) is -0.638. The highest BCUT2D eigenvalue weighted by Gasteiger charge is 2.40. The fraction of sp³-hybridized carbons (Fsp3) is 0.333. The van der Waals surface area contributed by atoms with Crippen molar-refractivity contribution in [1.29, 1.82) is 15.9 Å². The molecule has 1 unspecified atom stereocenters. The number of rotatable bonds is 0. The quantitative estimate of drug-likeness (QED) is 0.651. The van der Waals surface area contributed by atoms with E-state index in [-0.39, 0.29) is 23.9 Å². The maximum atomic E-state index is 11.5. The smallest absolute Gasteiger partial charge is 0.243 e. The predicted molar refractivity (Wildman–Crippen MR) is 53.4 cm³/mol. The zero-order valence-electron chi connectivity index (χ0n) is 7.65. The Hall–Kier alpha value is -1.79. The molecule has 6 heteroatoms. The number of carbonyl (C=O) groups is 1. The largest absolute Gasteiger partial charge is 0.287 e. The van der Waals surface area contributed by atoms with Crippen molar-refractivity contribution in [2.75, 3.05) is 5.75 Å². The molecule has 2 heterocycles. The highest BCUT2D eigenvalue weighted by molar-refractivity contribution is 8.04. The van der Waals surface area contributed by atoms with Crippen LogP contribution in [-0.4, -0.2) is 22.4 Å². The second kappa shape index (κ2) is 3.41. The van der Waals surface area contributed by atoms with E-state index in [0.29, 0.717) is 10.6 Å². The lowest BCUT2D eigenvalue weighted by atomic mass is 9.96. The van der Waals surface area contributed by atoms with Crippen LogP contribution in [0.25, 0.3) is 0 Å². The zero-order chi connectivity index (χ0) is 11.0. The van der Waals surface area contributed by atoms with Crippen molar-refractivity contribution in [2.45, 2.75) is 6.42 Å². The SMILES string of the molecule is N#CC1=C2SCC(=O)N2C(=N)C(C#N)C1. The van der Waals surface area contributed by atoms with Crippen LogP contribution in [-0.2, 0) is 4.79 Å². The molecular formula is C9H6N4OS. The molecule has 0 aromatic carbocycles. The molecule has 2 aliphatic rings. The fourth-order valence-electron chi connectivity index (χ4n) is 1.58. The topological polar surface area (TPSA) is 91.7 Å². The number of nitrogens with one attached hydrogen (secondary N) is 1. The van der Waals surface area contributed by atoms with Crippen molar-refractivity contribution in [1.82, 2.24) is 4.90 Å². The van der Waals surface area contributed by atoms with Gasteiger partial charge >= 0.3 is 0 Å². The van der Waals surface area contributed by atoms with Gasteiger partial charge in [0.1, 0.15) is 11.8 Å². The summed E-state index contributed by atoms with van der Waals surface area (Å²) in [5, 5.41) is 25.9. The minimum atomic E-state index is -0.675. The van der Waals surface area contributed by atoms with Gasteiger partial charge in [-0.15, -0.1) is 0 Å². The molecule has 2 rings (SSSR count). The van der Waals surface area contributed by atoms with Gasteiger partial charge in [-0.1, -0.05) is 11.8 Å². The number of hydrogen-bond acceptors (Lipinski definition) is 5. The minimum Gasteiger partial charge on any atom is -0.287 e. The van der Waals surface area contributed by atoms with Gasteiger partial charge in [-0.3, -0.25) is 15.1 Å². The molecule has 0 bridgehead atoms. The molecule has 0 saturated carbocycles. The number of carbonyl (C=O) groups excluding carboxylic acids is 1. The third-order valence-corrected chi connectivity index (χ3v) is 3.41. The summed E-state index contributed by atoms with van der Waals surface area (Å²) in [5.41, 5.74) is 0.438. The van der Waals surface area contributed by atoms with Gasteiger partial charge in [-0.25, -0.2) is 0 Å². The first kappa shape index (κ1) is 9.75. The number of hydrogen-bond donors (Lipinski definition) is 1. The summed E-state index contributed by atoms with van der Waals surface area (Å²) in [6.07, 6.45) is 0.248. The highest BCUT2D eigenvalue weighted by Crippen LogP contribution is 2.38. The van der Waals surface area contributed by atoms with Crippen molar-refractivity contribution >= 4 is 23.5 Å². The zero-order valence-corrected chi connectivity index (χ0v) is 8.47. The van der Waals surface area contributed by atoms with E-state index < -0.39 is 5.92 Å². The summed E-state index contributed by atoms with van der Waals surface area (Å²) >= 11 is 1.27. The van der Waals surface area contributed by atoms with Gasteiger partial charge in [-0.05, 0) is 0 Å². The molecule has 5 nitrogen and oxygen atoms in total. The predicted octanol–water partition coefficient (Wildman–Crippen LogP) is 0.818. The number of allylic oxidation sites excluding steroid dienone is 1. The van der Waals surface area contributed by atoms with Crippen LogP contribution < -0.4 is 0 Å². The van der Waals surface area contributed by atoms with Gasteiger partial charge in [-0.2, -0.15) is 10.5 Å². The van der Waals surface area contributed by atoms with E-state index in [9.17, 15) is 4.79 Å². The first-order valence-corrected chi connectivity index (χ1v) is 5.24. The van der Waals surface area contributed by atoms with E-state index in [1.165, 1.54) is 16.7 Å². The molecule has 15 heavy (non-hydrogen) atoms. The Labute approximate surface area is 90.5 Å². The van der Waals surface area contributed by atoms with Crippen molar-refractivity contribution in [2.24, 2.45) is 5.92 Å². The number of amides is 1. The average Bonchev–Trinajstić information content (AvgIpc) is 2.62. The maximum Gasteiger partial charge on any atom is 0.243 e.